The van der Waals surface area contributed by atoms with Crippen LogP contribution in [-0.4, -0.2) is 6.54 Å². The lowest BCUT2D eigenvalue weighted by Gasteiger charge is -2.16. The van der Waals surface area contributed by atoms with Crippen molar-refractivity contribution in [3.8, 4) is 0 Å². The fraction of sp³-hybridized carbons (Fsp3) is 0.286. The molecule has 1 aromatic carbocycles. The van der Waals surface area contributed by atoms with E-state index in [-0.39, 0.29) is 11.1 Å². The van der Waals surface area contributed by atoms with Crippen LogP contribution in [0.15, 0.2) is 29.6 Å². The topological polar surface area (TPSA) is 12.0 Å². The van der Waals surface area contributed by atoms with Crippen molar-refractivity contribution in [1.29, 1.82) is 0 Å². The Labute approximate surface area is 126 Å². The molecule has 0 radical (unpaired) electrons. The van der Waals surface area contributed by atoms with Crippen molar-refractivity contribution >= 4 is 34.5 Å². The quantitative estimate of drug-likeness (QED) is 0.757. The number of thiophene rings is 1. The second-order valence-corrected chi connectivity index (χ2v) is 6.14. The highest BCUT2D eigenvalue weighted by atomic mass is 35.5. The molecule has 1 N–H and O–H groups in total. The van der Waals surface area contributed by atoms with Gasteiger partial charge in [-0.05, 0) is 42.5 Å². The van der Waals surface area contributed by atoms with Crippen molar-refractivity contribution in [3.05, 3.63) is 55.9 Å². The van der Waals surface area contributed by atoms with Crippen molar-refractivity contribution in [2.24, 2.45) is 0 Å². The van der Waals surface area contributed by atoms with Crippen LogP contribution in [0.2, 0.25) is 10.0 Å². The summed E-state index contributed by atoms with van der Waals surface area (Å²) in [6.07, 6.45) is 0.954. The first-order chi connectivity index (χ1) is 9.08. The molecule has 0 fully saturated rings. The normalized spacial score (nSPS) is 12.6. The van der Waals surface area contributed by atoms with Crippen LogP contribution < -0.4 is 5.32 Å². The lowest BCUT2D eigenvalue weighted by molar-refractivity contribution is 0.569. The van der Waals surface area contributed by atoms with Crippen LogP contribution in [-0.2, 0) is 6.42 Å². The number of halogens is 3. The van der Waals surface area contributed by atoms with Crippen molar-refractivity contribution in [3.63, 3.8) is 0 Å². The fourth-order valence-corrected chi connectivity index (χ4v) is 3.10. The lowest BCUT2D eigenvalue weighted by Crippen LogP contribution is -2.21. The van der Waals surface area contributed by atoms with Crippen LogP contribution in [0, 0.1) is 5.82 Å². The van der Waals surface area contributed by atoms with Gasteiger partial charge in [-0.3, -0.25) is 0 Å². The van der Waals surface area contributed by atoms with Gasteiger partial charge in [0.25, 0.3) is 0 Å². The molecule has 2 aromatic rings. The summed E-state index contributed by atoms with van der Waals surface area (Å²) in [4.78, 5) is 1.33. The molecule has 0 aliphatic rings. The molecule has 5 heteroatoms. The van der Waals surface area contributed by atoms with Crippen LogP contribution in [0.3, 0.4) is 0 Å². The number of benzene rings is 1. The smallest absolute Gasteiger partial charge is 0.142 e. The Bertz CT molecular complexity index is 543. The van der Waals surface area contributed by atoms with Crippen molar-refractivity contribution in [2.75, 3.05) is 6.54 Å². The third kappa shape index (κ3) is 3.93. The Morgan fingerprint density at radius 3 is 2.79 bits per heavy atom. The fourth-order valence-electron chi connectivity index (χ4n) is 1.85. The molecule has 0 aliphatic carbocycles. The van der Waals surface area contributed by atoms with Crippen LogP contribution in [0.1, 0.15) is 23.4 Å². The Hall–Kier alpha value is -0.610. The second kappa shape index (κ2) is 6.71. The SMILES string of the molecule is CC(NCCc1cccs1)c1cc(F)c(Cl)cc1Cl. The Balaban J connectivity index is 1.96. The molecule has 19 heavy (non-hydrogen) atoms. The van der Waals surface area contributed by atoms with E-state index in [1.807, 2.05) is 13.0 Å². The van der Waals surface area contributed by atoms with Crippen LogP contribution in [0.4, 0.5) is 4.39 Å². The van der Waals surface area contributed by atoms with Gasteiger partial charge >= 0.3 is 0 Å². The first-order valence-corrected chi connectivity index (χ1v) is 7.61. The van der Waals surface area contributed by atoms with Gasteiger partial charge < -0.3 is 5.32 Å². The molecule has 1 heterocycles. The summed E-state index contributed by atoms with van der Waals surface area (Å²) in [7, 11) is 0. The van der Waals surface area contributed by atoms with Gasteiger partial charge in [0, 0.05) is 22.5 Å². The summed E-state index contributed by atoms with van der Waals surface area (Å²) in [5.74, 6) is -0.437. The molecule has 0 aliphatic heterocycles. The highest BCUT2D eigenvalue weighted by Crippen LogP contribution is 2.28. The zero-order chi connectivity index (χ0) is 13.8. The zero-order valence-electron chi connectivity index (χ0n) is 10.4. The van der Waals surface area contributed by atoms with E-state index in [1.54, 1.807) is 11.3 Å². The molecular formula is C14H14Cl2FNS. The van der Waals surface area contributed by atoms with Gasteiger partial charge in [0.1, 0.15) is 5.82 Å². The van der Waals surface area contributed by atoms with Crippen molar-refractivity contribution in [2.45, 2.75) is 19.4 Å². The number of hydrogen-bond acceptors (Lipinski definition) is 2. The lowest BCUT2D eigenvalue weighted by atomic mass is 10.1. The molecule has 1 aromatic heterocycles. The monoisotopic (exact) mass is 317 g/mol. The molecule has 1 unspecified atom stereocenters. The highest BCUT2D eigenvalue weighted by Gasteiger charge is 2.12. The Kier molecular flexibility index (Phi) is 5.22. The maximum absolute atomic E-state index is 13.4. The Morgan fingerprint density at radius 2 is 2.11 bits per heavy atom. The molecule has 0 saturated carbocycles. The maximum Gasteiger partial charge on any atom is 0.142 e. The molecule has 102 valence electrons. The molecule has 1 nitrogen and oxygen atoms in total. The van der Waals surface area contributed by atoms with E-state index in [9.17, 15) is 4.39 Å². The van der Waals surface area contributed by atoms with Gasteiger partial charge in [-0.1, -0.05) is 29.3 Å². The van der Waals surface area contributed by atoms with E-state index in [0.717, 1.165) is 18.5 Å². The van der Waals surface area contributed by atoms with Crippen molar-refractivity contribution in [1.82, 2.24) is 5.32 Å². The van der Waals surface area contributed by atoms with E-state index >= 15 is 0 Å². The standard InChI is InChI=1S/C14H14Cl2FNS/c1-9(18-5-4-10-3-2-6-19-10)11-7-14(17)13(16)8-12(11)15/h2-3,6-9,18H,4-5H2,1H3. The summed E-state index contributed by atoms with van der Waals surface area (Å²) in [6, 6.07) is 6.97. The van der Waals surface area contributed by atoms with E-state index in [1.165, 1.54) is 17.0 Å². The molecular weight excluding hydrogens is 304 g/mol. The summed E-state index contributed by atoms with van der Waals surface area (Å²) < 4.78 is 13.4. The third-order valence-corrected chi connectivity index (χ3v) is 4.46. The van der Waals surface area contributed by atoms with Gasteiger partial charge in [0.05, 0.1) is 5.02 Å². The van der Waals surface area contributed by atoms with Crippen LogP contribution >= 0.6 is 34.5 Å². The predicted molar refractivity (Wildman–Crippen MR) is 80.9 cm³/mol. The van der Waals surface area contributed by atoms with Gasteiger partial charge in [-0.2, -0.15) is 0 Å². The van der Waals surface area contributed by atoms with Crippen LogP contribution in [0.5, 0.6) is 0 Å². The average Bonchev–Trinajstić information content (AvgIpc) is 2.86. The third-order valence-electron chi connectivity index (χ3n) is 2.91. The number of rotatable bonds is 5. The van der Waals surface area contributed by atoms with E-state index in [4.69, 9.17) is 23.2 Å². The molecule has 1 atom stereocenters. The van der Waals surface area contributed by atoms with Gasteiger partial charge in [0.15, 0.2) is 0 Å². The first kappa shape index (κ1) is 14.8. The zero-order valence-corrected chi connectivity index (χ0v) is 12.7. The first-order valence-electron chi connectivity index (χ1n) is 5.98. The summed E-state index contributed by atoms with van der Waals surface area (Å²) in [5, 5.41) is 5.94. The van der Waals surface area contributed by atoms with E-state index < -0.39 is 5.82 Å². The molecule has 0 bridgehead atoms. The van der Waals surface area contributed by atoms with Gasteiger partial charge in [-0.25, -0.2) is 4.39 Å². The Morgan fingerprint density at radius 1 is 1.32 bits per heavy atom. The van der Waals surface area contributed by atoms with E-state index in [2.05, 4.69) is 16.8 Å². The number of nitrogens with one attached hydrogen (secondary N) is 1. The molecule has 0 amide bonds. The molecule has 2 rings (SSSR count). The second-order valence-electron chi connectivity index (χ2n) is 4.29. The minimum absolute atomic E-state index is 0.0146. The summed E-state index contributed by atoms with van der Waals surface area (Å²) >= 11 is 13.5. The van der Waals surface area contributed by atoms with Crippen molar-refractivity contribution < 1.29 is 4.39 Å². The maximum atomic E-state index is 13.4. The highest BCUT2D eigenvalue weighted by molar-refractivity contribution is 7.09. The molecule has 0 saturated heterocycles. The summed E-state index contributed by atoms with van der Waals surface area (Å²) in [5.41, 5.74) is 0.731. The van der Waals surface area contributed by atoms with Crippen LogP contribution in [0.25, 0.3) is 0 Å². The number of hydrogen-bond donors (Lipinski definition) is 1. The average molecular weight is 318 g/mol. The largest absolute Gasteiger partial charge is 0.310 e. The van der Waals surface area contributed by atoms with Gasteiger partial charge in [0.2, 0.25) is 0 Å². The molecule has 0 spiro atoms. The minimum atomic E-state index is -0.437. The summed E-state index contributed by atoms with van der Waals surface area (Å²) in [6.45, 7) is 2.78. The van der Waals surface area contributed by atoms with E-state index in [0.29, 0.717) is 5.02 Å². The predicted octanol–water partition coefficient (Wildman–Crippen LogP) is 5.09. The van der Waals surface area contributed by atoms with Gasteiger partial charge in [-0.15, -0.1) is 11.3 Å². The minimum Gasteiger partial charge on any atom is -0.310 e.